The largest absolute Gasteiger partial charge is 0.340 e. The highest BCUT2D eigenvalue weighted by atomic mass is 79.9. The number of fused-ring (bicyclic) bond motifs is 1. The molecule has 0 aliphatic rings. The van der Waals surface area contributed by atoms with E-state index in [4.69, 9.17) is 0 Å². The zero-order chi connectivity index (χ0) is 19.3. The zero-order valence-electron chi connectivity index (χ0n) is 14.6. The number of nitrogens with one attached hydrogen (secondary N) is 2. The number of anilines is 3. The smallest absolute Gasteiger partial charge is 0.248 e. The molecule has 0 atom stereocenters. The van der Waals surface area contributed by atoms with Gasteiger partial charge in [0.15, 0.2) is 0 Å². The molecule has 4 rings (SSSR count). The summed E-state index contributed by atoms with van der Waals surface area (Å²) < 4.78 is 0.973. The number of amides is 1. The normalized spacial score (nSPS) is 11.0. The lowest BCUT2D eigenvalue weighted by Crippen LogP contribution is -2.07. The van der Waals surface area contributed by atoms with Gasteiger partial charge in [-0.25, -0.2) is 9.97 Å². The molecule has 5 nitrogen and oxygen atoms in total. The Morgan fingerprint density at radius 1 is 1.04 bits per heavy atom. The second-order valence-corrected chi connectivity index (χ2v) is 7.82. The number of benzene rings is 2. The molecule has 2 aromatic carbocycles. The number of aromatic nitrogens is 2. The SMILES string of the molecule is O=C(/C=C/c1cccs1)Nc1ccc2ncnc(Nc3cccc(Br)c3)c2c1. The van der Waals surface area contributed by atoms with Crippen molar-refractivity contribution < 1.29 is 4.79 Å². The first-order chi connectivity index (χ1) is 13.7. The third-order valence-corrected chi connectivity index (χ3v) is 5.26. The van der Waals surface area contributed by atoms with Gasteiger partial charge in [0.1, 0.15) is 12.1 Å². The summed E-state index contributed by atoms with van der Waals surface area (Å²) in [5, 5.41) is 8.99. The van der Waals surface area contributed by atoms with Gasteiger partial charge >= 0.3 is 0 Å². The fourth-order valence-corrected chi connectivity index (χ4v) is 3.68. The van der Waals surface area contributed by atoms with Crippen molar-refractivity contribution >= 4 is 67.3 Å². The van der Waals surface area contributed by atoms with E-state index in [0.717, 1.165) is 25.9 Å². The molecule has 0 fully saturated rings. The van der Waals surface area contributed by atoms with Crippen LogP contribution in [-0.4, -0.2) is 15.9 Å². The van der Waals surface area contributed by atoms with Crippen LogP contribution in [0.1, 0.15) is 4.88 Å². The third-order valence-electron chi connectivity index (χ3n) is 3.93. The molecule has 1 amide bonds. The lowest BCUT2D eigenvalue weighted by Gasteiger charge is -2.10. The summed E-state index contributed by atoms with van der Waals surface area (Å²) >= 11 is 5.05. The first kappa shape index (κ1) is 18.3. The molecule has 0 aliphatic carbocycles. The van der Waals surface area contributed by atoms with Gasteiger partial charge in [-0.2, -0.15) is 0 Å². The van der Waals surface area contributed by atoms with Crippen molar-refractivity contribution in [2.24, 2.45) is 0 Å². The maximum atomic E-state index is 12.2. The molecule has 28 heavy (non-hydrogen) atoms. The maximum Gasteiger partial charge on any atom is 0.248 e. The predicted octanol–water partition coefficient (Wildman–Crippen LogP) is 5.85. The van der Waals surface area contributed by atoms with E-state index >= 15 is 0 Å². The molecule has 0 spiro atoms. The van der Waals surface area contributed by atoms with E-state index in [0.29, 0.717) is 11.5 Å². The molecule has 0 saturated carbocycles. The highest BCUT2D eigenvalue weighted by Gasteiger charge is 2.07. The van der Waals surface area contributed by atoms with E-state index in [1.165, 1.54) is 12.4 Å². The van der Waals surface area contributed by atoms with Crippen molar-refractivity contribution in [3.8, 4) is 0 Å². The van der Waals surface area contributed by atoms with Crippen LogP contribution in [0.25, 0.3) is 17.0 Å². The minimum atomic E-state index is -0.189. The standard InChI is InChI=1S/C21H15BrN4OS/c22-14-3-1-4-15(11-14)26-21-18-12-16(6-8-19(18)23-13-24-21)25-20(27)9-7-17-5-2-10-28-17/h1-13H,(H,25,27)(H,23,24,26)/b9-7+. The van der Waals surface area contributed by atoms with Crippen molar-refractivity contribution in [2.45, 2.75) is 0 Å². The molecule has 0 unspecified atom stereocenters. The maximum absolute atomic E-state index is 12.2. The van der Waals surface area contributed by atoms with Crippen LogP contribution in [0, 0.1) is 0 Å². The Bertz CT molecular complexity index is 1160. The summed E-state index contributed by atoms with van der Waals surface area (Å²) in [7, 11) is 0. The molecule has 2 heterocycles. The quantitative estimate of drug-likeness (QED) is 0.374. The summed E-state index contributed by atoms with van der Waals surface area (Å²) in [6.07, 6.45) is 4.84. The highest BCUT2D eigenvalue weighted by Crippen LogP contribution is 2.27. The van der Waals surface area contributed by atoms with Crippen molar-refractivity contribution in [3.05, 3.63) is 81.7 Å². The molecule has 2 N–H and O–H groups in total. The average molecular weight is 451 g/mol. The van der Waals surface area contributed by atoms with Crippen LogP contribution in [-0.2, 0) is 4.79 Å². The number of hydrogen-bond acceptors (Lipinski definition) is 5. The van der Waals surface area contributed by atoms with E-state index in [1.807, 2.05) is 60.0 Å². The van der Waals surface area contributed by atoms with Gasteiger partial charge in [0.05, 0.1) is 5.52 Å². The third kappa shape index (κ3) is 4.44. The molecule has 2 aromatic heterocycles. The van der Waals surface area contributed by atoms with Gasteiger partial charge in [-0.3, -0.25) is 4.79 Å². The Labute approximate surface area is 174 Å². The lowest BCUT2D eigenvalue weighted by atomic mass is 10.2. The van der Waals surface area contributed by atoms with E-state index < -0.39 is 0 Å². The summed E-state index contributed by atoms with van der Waals surface area (Å²) in [6, 6.07) is 17.3. The second kappa shape index (κ2) is 8.33. The van der Waals surface area contributed by atoms with E-state index in [2.05, 4.69) is 36.5 Å². The summed E-state index contributed by atoms with van der Waals surface area (Å²) in [6.45, 7) is 0. The Morgan fingerprint density at radius 2 is 1.96 bits per heavy atom. The summed E-state index contributed by atoms with van der Waals surface area (Å²) in [5.74, 6) is 0.486. The molecule has 0 radical (unpaired) electrons. The van der Waals surface area contributed by atoms with Gasteiger partial charge in [0.25, 0.3) is 0 Å². The monoisotopic (exact) mass is 450 g/mol. The molecule has 0 aliphatic heterocycles. The molecule has 0 bridgehead atoms. The average Bonchev–Trinajstić information content (AvgIpc) is 3.21. The van der Waals surface area contributed by atoms with Crippen LogP contribution in [0.4, 0.5) is 17.2 Å². The lowest BCUT2D eigenvalue weighted by molar-refractivity contribution is -0.111. The van der Waals surface area contributed by atoms with Crippen molar-refractivity contribution in [3.63, 3.8) is 0 Å². The Hall–Kier alpha value is -3.03. The van der Waals surface area contributed by atoms with Gasteiger partial charge in [-0.15, -0.1) is 11.3 Å². The van der Waals surface area contributed by atoms with E-state index in [-0.39, 0.29) is 5.91 Å². The van der Waals surface area contributed by atoms with Gasteiger partial charge in [0.2, 0.25) is 5.91 Å². The van der Waals surface area contributed by atoms with Crippen LogP contribution in [0.5, 0.6) is 0 Å². The van der Waals surface area contributed by atoms with Gasteiger partial charge in [0, 0.05) is 32.2 Å². The fraction of sp³-hybridized carbons (Fsp3) is 0. The van der Waals surface area contributed by atoms with Gasteiger partial charge in [-0.1, -0.05) is 28.1 Å². The fourth-order valence-electron chi connectivity index (χ4n) is 2.66. The topological polar surface area (TPSA) is 66.9 Å². The number of hydrogen-bond donors (Lipinski definition) is 2. The van der Waals surface area contributed by atoms with Gasteiger partial charge in [-0.05, 0) is 53.9 Å². The number of thiophene rings is 1. The molecule has 0 saturated heterocycles. The molecule has 7 heteroatoms. The Kier molecular flexibility index (Phi) is 5.45. The first-order valence-electron chi connectivity index (χ1n) is 8.47. The second-order valence-electron chi connectivity index (χ2n) is 5.93. The zero-order valence-corrected chi connectivity index (χ0v) is 17.0. The molecule has 4 aromatic rings. The van der Waals surface area contributed by atoms with Gasteiger partial charge < -0.3 is 10.6 Å². The summed E-state index contributed by atoms with van der Waals surface area (Å²) in [5.41, 5.74) is 2.38. The van der Waals surface area contributed by atoms with Crippen molar-refractivity contribution in [1.82, 2.24) is 9.97 Å². The Morgan fingerprint density at radius 3 is 2.79 bits per heavy atom. The first-order valence-corrected chi connectivity index (χ1v) is 10.1. The van der Waals surface area contributed by atoms with Crippen LogP contribution in [0.2, 0.25) is 0 Å². The minimum Gasteiger partial charge on any atom is -0.340 e. The number of carbonyl (C=O) groups is 1. The van der Waals surface area contributed by atoms with Crippen LogP contribution in [0.3, 0.4) is 0 Å². The van der Waals surface area contributed by atoms with E-state index in [1.54, 1.807) is 17.4 Å². The van der Waals surface area contributed by atoms with Crippen LogP contribution >= 0.6 is 27.3 Å². The number of halogens is 1. The predicted molar refractivity (Wildman–Crippen MR) is 119 cm³/mol. The highest BCUT2D eigenvalue weighted by molar-refractivity contribution is 9.10. The molecular formula is C21H15BrN4OS. The summed E-state index contributed by atoms with van der Waals surface area (Å²) in [4.78, 5) is 21.9. The molecular weight excluding hydrogens is 436 g/mol. The number of rotatable bonds is 5. The van der Waals surface area contributed by atoms with Crippen LogP contribution < -0.4 is 10.6 Å². The number of carbonyl (C=O) groups excluding carboxylic acids is 1. The van der Waals surface area contributed by atoms with Crippen molar-refractivity contribution in [2.75, 3.05) is 10.6 Å². The van der Waals surface area contributed by atoms with Crippen molar-refractivity contribution in [1.29, 1.82) is 0 Å². The van der Waals surface area contributed by atoms with Crippen LogP contribution in [0.15, 0.2) is 76.9 Å². The Balaban J connectivity index is 1.58. The minimum absolute atomic E-state index is 0.189. The molecule has 138 valence electrons. The van der Waals surface area contributed by atoms with E-state index in [9.17, 15) is 4.79 Å². The number of nitrogens with zero attached hydrogens (tertiary/aromatic N) is 2.